The average molecular weight is 226 g/mol. The first-order valence-corrected chi connectivity index (χ1v) is 5.20. The van der Waals surface area contributed by atoms with Gasteiger partial charge in [-0.1, -0.05) is 12.1 Å². The lowest BCUT2D eigenvalue weighted by molar-refractivity contribution is 0.415. The minimum atomic E-state index is 0.627. The van der Waals surface area contributed by atoms with Gasteiger partial charge in [0.25, 0.3) is 0 Å². The van der Waals surface area contributed by atoms with Crippen molar-refractivity contribution in [1.82, 2.24) is 9.97 Å². The van der Waals surface area contributed by atoms with Crippen molar-refractivity contribution in [3.8, 4) is 16.9 Å². The van der Waals surface area contributed by atoms with E-state index in [0.717, 1.165) is 16.9 Å². The topological polar surface area (TPSA) is 48.2 Å². The normalized spacial score (nSPS) is 10.6. The molecule has 3 aromatic rings. The van der Waals surface area contributed by atoms with Gasteiger partial charge in [0.2, 0.25) is 0 Å². The molecule has 0 radical (unpaired) electrons. The summed E-state index contributed by atoms with van der Waals surface area (Å²) in [4.78, 5) is 8.21. The molecule has 0 bridgehead atoms. The highest BCUT2D eigenvalue weighted by molar-refractivity contribution is 5.76. The minimum Gasteiger partial charge on any atom is -0.497 e. The van der Waals surface area contributed by atoms with Crippen molar-refractivity contribution in [2.45, 2.75) is 0 Å². The lowest BCUT2D eigenvalue weighted by atomic mass is 10.1. The van der Waals surface area contributed by atoms with Gasteiger partial charge in [0.1, 0.15) is 5.75 Å². The average Bonchev–Trinajstić information content (AvgIpc) is 2.86. The summed E-state index contributed by atoms with van der Waals surface area (Å²) in [5.74, 6) is 0.836. The Bertz CT molecular complexity index is 644. The van der Waals surface area contributed by atoms with Crippen LogP contribution in [0.5, 0.6) is 5.75 Å². The second kappa shape index (κ2) is 3.90. The van der Waals surface area contributed by atoms with E-state index in [9.17, 15) is 0 Å². The second-order valence-corrected chi connectivity index (χ2v) is 3.63. The number of fused-ring (bicyclic) bond motifs is 1. The quantitative estimate of drug-likeness (QED) is 0.674. The standard InChI is InChI=1S/C13H10N2O2/c1-16-11-4-2-9(3-5-11)10-6-12-13(14-7-10)15-8-17-12/h2-8H,1H3. The number of benzene rings is 1. The molecule has 0 N–H and O–H groups in total. The van der Waals surface area contributed by atoms with Crippen LogP contribution in [0.4, 0.5) is 0 Å². The predicted molar refractivity (Wildman–Crippen MR) is 63.8 cm³/mol. The summed E-state index contributed by atoms with van der Waals surface area (Å²) in [7, 11) is 1.65. The van der Waals surface area contributed by atoms with Gasteiger partial charge in [0, 0.05) is 11.8 Å². The Balaban J connectivity index is 2.06. The number of ether oxygens (including phenoxy) is 1. The van der Waals surface area contributed by atoms with Crippen LogP contribution in [0, 0.1) is 0 Å². The Morgan fingerprint density at radius 1 is 1.06 bits per heavy atom. The molecule has 0 aliphatic heterocycles. The molecule has 0 spiro atoms. The lowest BCUT2D eigenvalue weighted by Crippen LogP contribution is -1.84. The number of oxazole rings is 1. The summed E-state index contributed by atoms with van der Waals surface area (Å²) in [6.07, 6.45) is 3.18. The molecular formula is C13H10N2O2. The van der Waals surface area contributed by atoms with Crippen molar-refractivity contribution >= 4 is 11.2 Å². The molecule has 2 aromatic heterocycles. The number of methoxy groups -OCH3 is 1. The van der Waals surface area contributed by atoms with Crippen LogP contribution in [0.3, 0.4) is 0 Å². The molecule has 0 saturated carbocycles. The van der Waals surface area contributed by atoms with E-state index in [1.165, 1.54) is 6.39 Å². The van der Waals surface area contributed by atoms with Crippen LogP contribution in [0.1, 0.15) is 0 Å². The number of aromatic nitrogens is 2. The smallest absolute Gasteiger partial charge is 0.198 e. The summed E-state index contributed by atoms with van der Waals surface area (Å²) in [6.45, 7) is 0. The maximum absolute atomic E-state index is 5.23. The van der Waals surface area contributed by atoms with Gasteiger partial charge in [-0.2, -0.15) is 4.98 Å². The van der Waals surface area contributed by atoms with Crippen LogP contribution in [0.15, 0.2) is 47.3 Å². The van der Waals surface area contributed by atoms with Gasteiger partial charge in [-0.25, -0.2) is 4.98 Å². The lowest BCUT2D eigenvalue weighted by Gasteiger charge is -2.02. The van der Waals surface area contributed by atoms with Crippen molar-refractivity contribution in [1.29, 1.82) is 0 Å². The largest absolute Gasteiger partial charge is 0.497 e. The first-order chi connectivity index (χ1) is 8.36. The van der Waals surface area contributed by atoms with Crippen LogP contribution in [-0.2, 0) is 0 Å². The third kappa shape index (κ3) is 1.73. The SMILES string of the molecule is COc1ccc(-c2cnc3ncoc3c2)cc1. The molecule has 0 fully saturated rings. The van der Waals surface area contributed by atoms with Crippen LogP contribution in [0.25, 0.3) is 22.4 Å². The van der Waals surface area contributed by atoms with Gasteiger partial charge in [-0.15, -0.1) is 0 Å². The highest BCUT2D eigenvalue weighted by Gasteiger charge is 2.03. The van der Waals surface area contributed by atoms with E-state index in [4.69, 9.17) is 9.15 Å². The Morgan fingerprint density at radius 2 is 1.88 bits per heavy atom. The maximum atomic E-state index is 5.23. The number of nitrogens with zero attached hydrogens (tertiary/aromatic N) is 2. The molecule has 0 saturated heterocycles. The summed E-state index contributed by atoms with van der Waals surface area (Å²) in [6, 6.07) is 9.73. The molecule has 4 heteroatoms. The molecule has 0 unspecified atom stereocenters. The zero-order valence-corrected chi connectivity index (χ0v) is 9.25. The maximum Gasteiger partial charge on any atom is 0.198 e. The van der Waals surface area contributed by atoms with Crippen LogP contribution >= 0.6 is 0 Å². The van der Waals surface area contributed by atoms with Crippen molar-refractivity contribution in [2.75, 3.05) is 7.11 Å². The fraction of sp³-hybridized carbons (Fsp3) is 0.0769. The van der Waals surface area contributed by atoms with E-state index in [0.29, 0.717) is 11.2 Å². The summed E-state index contributed by atoms with van der Waals surface area (Å²) in [5, 5.41) is 0. The molecule has 84 valence electrons. The van der Waals surface area contributed by atoms with Crippen LogP contribution in [0.2, 0.25) is 0 Å². The zero-order valence-electron chi connectivity index (χ0n) is 9.25. The number of hydrogen-bond acceptors (Lipinski definition) is 4. The Hall–Kier alpha value is -2.36. The predicted octanol–water partition coefficient (Wildman–Crippen LogP) is 2.90. The second-order valence-electron chi connectivity index (χ2n) is 3.63. The van der Waals surface area contributed by atoms with Crippen molar-refractivity contribution in [3.05, 3.63) is 42.9 Å². The van der Waals surface area contributed by atoms with E-state index in [1.807, 2.05) is 30.3 Å². The molecule has 0 aliphatic carbocycles. The Labute approximate surface area is 97.9 Å². The molecule has 0 atom stereocenters. The molecule has 3 rings (SSSR count). The van der Waals surface area contributed by atoms with E-state index >= 15 is 0 Å². The fourth-order valence-electron chi connectivity index (χ4n) is 1.70. The number of rotatable bonds is 2. The molecule has 1 aromatic carbocycles. The third-order valence-electron chi connectivity index (χ3n) is 2.61. The highest BCUT2D eigenvalue weighted by Crippen LogP contribution is 2.24. The van der Waals surface area contributed by atoms with Gasteiger partial charge in [0.05, 0.1) is 7.11 Å². The Morgan fingerprint density at radius 3 is 2.65 bits per heavy atom. The van der Waals surface area contributed by atoms with Crippen LogP contribution < -0.4 is 4.74 Å². The molecule has 2 heterocycles. The molecule has 4 nitrogen and oxygen atoms in total. The molecule has 17 heavy (non-hydrogen) atoms. The van der Waals surface area contributed by atoms with E-state index in [-0.39, 0.29) is 0 Å². The zero-order chi connectivity index (χ0) is 11.7. The van der Waals surface area contributed by atoms with Gasteiger partial charge < -0.3 is 9.15 Å². The molecule has 0 amide bonds. The van der Waals surface area contributed by atoms with Gasteiger partial charge in [0.15, 0.2) is 17.6 Å². The number of hydrogen-bond donors (Lipinski definition) is 0. The monoisotopic (exact) mass is 226 g/mol. The third-order valence-corrected chi connectivity index (χ3v) is 2.61. The van der Waals surface area contributed by atoms with Crippen molar-refractivity contribution in [3.63, 3.8) is 0 Å². The molecular weight excluding hydrogens is 216 g/mol. The first kappa shape index (κ1) is 9.84. The fourth-order valence-corrected chi connectivity index (χ4v) is 1.70. The van der Waals surface area contributed by atoms with Gasteiger partial charge in [-0.05, 0) is 23.8 Å². The van der Waals surface area contributed by atoms with E-state index in [1.54, 1.807) is 13.3 Å². The van der Waals surface area contributed by atoms with Gasteiger partial charge in [-0.3, -0.25) is 0 Å². The molecule has 0 aliphatic rings. The minimum absolute atomic E-state index is 0.627. The Kier molecular flexibility index (Phi) is 2.26. The summed E-state index contributed by atoms with van der Waals surface area (Å²) >= 11 is 0. The van der Waals surface area contributed by atoms with Crippen LogP contribution in [-0.4, -0.2) is 17.1 Å². The van der Waals surface area contributed by atoms with Crippen molar-refractivity contribution < 1.29 is 9.15 Å². The summed E-state index contributed by atoms with van der Waals surface area (Å²) in [5.41, 5.74) is 3.38. The number of pyridine rings is 1. The van der Waals surface area contributed by atoms with E-state index < -0.39 is 0 Å². The van der Waals surface area contributed by atoms with Crippen molar-refractivity contribution in [2.24, 2.45) is 0 Å². The first-order valence-electron chi connectivity index (χ1n) is 5.20. The van der Waals surface area contributed by atoms with E-state index in [2.05, 4.69) is 9.97 Å². The highest BCUT2D eigenvalue weighted by atomic mass is 16.5. The van der Waals surface area contributed by atoms with Gasteiger partial charge >= 0.3 is 0 Å². The summed E-state index contributed by atoms with van der Waals surface area (Å²) < 4.78 is 10.3.